The van der Waals surface area contributed by atoms with E-state index in [-0.39, 0.29) is 0 Å². The Morgan fingerprint density at radius 2 is 1.80 bits per heavy atom. The monoisotopic (exact) mass is 281 g/mol. The largest absolute Gasteiger partial charge is 0.374 e. The number of piperidine rings is 2. The van der Waals surface area contributed by atoms with Crippen molar-refractivity contribution in [2.24, 2.45) is 0 Å². The first-order chi connectivity index (χ1) is 9.84. The number of hydrogen-bond donors (Lipinski definition) is 1. The fraction of sp³-hybridized carbons (Fsp3) is 1.00. The molecule has 0 aromatic carbocycles. The van der Waals surface area contributed by atoms with Crippen LogP contribution in [0.5, 0.6) is 0 Å². The predicted molar refractivity (Wildman–Crippen MR) is 82.1 cm³/mol. The van der Waals surface area contributed by atoms with Gasteiger partial charge in [0.2, 0.25) is 0 Å². The summed E-state index contributed by atoms with van der Waals surface area (Å²) >= 11 is 0. The van der Waals surface area contributed by atoms with E-state index < -0.39 is 0 Å². The summed E-state index contributed by atoms with van der Waals surface area (Å²) in [6.07, 6.45) is 7.36. The fourth-order valence-electron chi connectivity index (χ4n) is 4.07. The van der Waals surface area contributed by atoms with E-state index >= 15 is 0 Å². The highest BCUT2D eigenvalue weighted by atomic mass is 16.5. The van der Waals surface area contributed by atoms with Crippen molar-refractivity contribution >= 4 is 0 Å². The second kappa shape index (κ2) is 7.21. The maximum absolute atomic E-state index is 5.92. The quantitative estimate of drug-likeness (QED) is 0.844. The number of rotatable bonds is 3. The van der Waals surface area contributed by atoms with Crippen LogP contribution in [0.15, 0.2) is 0 Å². The van der Waals surface area contributed by atoms with Gasteiger partial charge >= 0.3 is 0 Å². The van der Waals surface area contributed by atoms with Crippen molar-refractivity contribution in [1.29, 1.82) is 0 Å². The van der Waals surface area contributed by atoms with E-state index in [9.17, 15) is 0 Å². The zero-order chi connectivity index (χ0) is 13.8. The Balaban J connectivity index is 1.45. The fourth-order valence-corrected chi connectivity index (χ4v) is 4.07. The Labute approximate surface area is 123 Å². The highest BCUT2D eigenvalue weighted by molar-refractivity contribution is 4.87. The summed E-state index contributed by atoms with van der Waals surface area (Å²) in [6, 6.07) is 1.41. The standard InChI is InChI=1S/C16H31N3O/c1-14(16-13-17-7-12-20-16)18-10-5-15(6-11-18)19-8-3-2-4-9-19/h14-17H,2-13H2,1H3. The van der Waals surface area contributed by atoms with Crippen LogP contribution >= 0.6 is 0 Å². The normalized spacial score (nSPS) is 33.1. The van der Waals surface area contributed by atoms with Crippen LogP contribution < -0.4 is 5.32 Å². The van der Waals surface area contributed by atoms with Crippen molar-refractivity contribution < 1.29 is 4.74 Å². The molecule has 0 bridgehead atoms. The van der Waals surface area contributed by atoms with Gasteiger partial charge in [0.1, 0.15) is 0 Å². The van der Waals surface area contributed by atoms with E-state index in [0.717, 1.165) is 25.7 Å². The molecule has 3 fully saturated rings. The molecule has 2 unspecified atom stereocenters. The smallest absolute Gasteiger partial charge is 0.0852 e. The van der Waals surface area contributed by atoms with Crippen LogP contribution in [0.4, 0.5) is 0 Å². The van der Waals surface area contributed by atoms with Gasteiger partial charge in [-0.05, 0) is 45.7 Å². The van der Waals surface area contributed by atoms with E-state index in [1.165, 1.54) is 58.3 Å². The van der Waals surface area contributed by atoms with E-state index in [1.807, 2.05) is 0 Å². The Morgan fingerprint density at radius 1 is 1.05 bits per heavy atom. The minimum absolute atomic E-state index is 0.385. The van der Waals surface area contributed by atoms with Crippen molar-refractivity contribution in [2.75, 3.05) is 45.9 Å². The van der Waals surface area contributed by atoms with Crippen LogP contribution in [0.1, 0.15) is 39.0 Å². The van der Waals surface area contributed by atoms with E-state index in [0.29, 0.717) is 12.1 Å². The summed E-state index contributed by atoms with van der Waals surface area (Å²) in [7, 11) is 0. The van der Waals surface area contributed by atoms with Gasteiger partial charge in [0.15, 0.2) is 0 Å². The molecule has 3 saturated heterocycles. The van der Waals surface area contributed by atoms with Gasteiger partial charge in [-0.3, -0.25) is 4.90 Å². The zero-order valence-corrected chi connectivity index (χ0v) is 13.0. The van der Waals surface area contributed by atoms with Crippen LogP contribution in [0.2, 0.25) is 0 Å². The van der Waals surface area contributed by atoms with Crippen molar-refractivity contribution in [1.82, 2.24) is 15.1 Å². The topological polar surface area (TPSA) is 27.7 Å². The molecule has 3 aliphatic rings. The van der Waals surface area contributed by atoms with Gasteiger partial charge < -0.3 is 15.0 Å². The molecule has 0 radical (unpaired) electrons. The lowest BCUT2D eigenvalue weighted by atomic mass is 9.98. The lowest BCUT2D eigenvalue weighted by Gasteiger charge is -2.44. The molecule has 1 N–H and O–H groups in total. The third kappa shape index (κ3) is 3.53. The van der Waals surface area contributed by atoms with Gasteiger partial charge in [-0.2, -0.15) is 0 Å². The van der Waals surface area contributed by atoms with Gasteiger partial charge in [-0.25, -0.2) is 0 Å². The van der Waals surface area contributed by atoms with Crippen LogP contribution in [0, 0.1) is 0 Å². The average Bonchev–Trinajstić information content (AvgIpc) is 2.56. The summed E-state index contributed by atoms with van der Waals surface area (Å²) < 4.78 is 5.92. The van der Waals surface area contributed by atoms with Crippen molar-refractivity contribution in [3.63, 3.8) is 0 Å². The first-order valence-corrected chi connectivity index (χ1v) is 8.65. The minimum atomic E-state index is 0.385. The van der Waals surface area contributed by atoms with E-state index in [1.54, 1.807) is 0 Å². The average molecular weight is 281 g/mol. The molecule has 4 nitrogen and oxygen atoms in total. The highest BCUT2D eigenvalue weighted by Crippen LogP contribution is 2.23. The van der Waals surface area contributed by atoms with E-state index in [4.69, 9.17) is 4.74 Å². The van der Waals surface area contributed by atoms with Crippen LogP contribution in [-0.4, -0.2) is 73.9 Å². The molecule has 3 aliphatic heterocycles. The number of nitrogens with one attached hydrogen (secondary N) is 1. The lowest BCUT2D eigenvalue weighted by molar-refractivity contribution is -0.0372. The number of morpholine rings is 1. The molecule has 4 heteroatoms. The van der Waals surface area contributed by atoms with Crippen molar-refractivity contribution in [2.45, 2.75) is 57.2 Å². The first-order valence-electron chi connectivity index (χ1n) is 8.65. The molecule has 20 heavy (non-hydrogen) atoms. The molecule has 0 saturated carbocycles. The van der Waals surface area contributed by atoms with Gasteiger partial charge in [-0.15, -0.1) is 0 Å². The Bertz CT molecular complexity index is 279. The van der Waals surface area contributed by atoms with Crippen molar-refractivity contribution in [3.8, 4) is 0 Å². The van der Waals surface area contributed by atoms with Gasteiger partial charge in [-0.1, -0.05) is 6.42 Å². The first kappa shape index (κ1) is 14.8. The Hall–Kier alpha value is -0.160. The second-order valence-electron chi connectivity index (χ2n) is 6.72. The molecule has 3 heterocycles. The molecule has 2 atom stereocenters. The van der Waals surface area contributed by atoms with Crippen LogP contribution in [0.25, 0.3) is 0 Å². The zero-order valence-electron chi connectivity index (χ0n) is 13.0. The third-order valence-corrected chi connectivity index (χ3v) is 5.48. The number of ether oxygens (including phenoxy) is 1. The molecule has 0 spiro atoms. The molecule has 116 valence electrons. The SMILES string of the molecule is CC(C1CNCCO1)N1CCC(N2CCCCC2)CC1. The summed E-state index contributed by atoms with van der Waals surface area (Å²) in [4.78, 5) is 5.41. The summed E-state index contributed by atoms with van der Waals surface area (Å²) in [5, 5.41) is 3.46. The predicted octanol–water partition coefficient (Wildman–Crippen LogP) is 1.31. The number of hydrogen-bond acceptors (Lipinski definition) is 4. The second-order valence-corrected chi connectivity index (χ2v) is 6.72. The molecular formula is C16H31N3O. The number of likely N-dealkylation sites (tertiary alicyclic amines) is 2. The summed E-state index contributed by atoms with van der Waals surface area (Å²) in [6.45, 7) is 10.4. The third-order valence-electron chi connectivity index (χ3n) is 5.48. The van der Waals surface area contributed by atoms with Crippen LogP contribution in [0.3, 0.4) is 0 Å². The highest BCUT2D eigenvalue weighted by Gasteiger charge is 2.31. The van der Waals surface area contributed by atoms with Crippen LogP contribution in [-0.2, 0) is 4.74 Å². The minimum Gasteiger partial charge on any atom is -0.374 e. The molecule has 0 aliphatic carbocycles. The Kier molecular flexibility index (Phi) is 5.32. The lowest BCUT2D eigenvalue weighted by Crippen LogP contribution is -2.55. The molecular weight excluding hydrogens is 250 g/mol. The maximum Gasteiger partial charge on any atom is 0.0852 e. The number of nitrogens with zero attached hydrogens (tertiary/aromatic N) is 2. The van der Waals surface area contributed by atoms with Gasteiger partial charge in [0, 0.05) is 38.3 Å². The maximum atomic E-state index is 5.92. The molecule has 0 amide bonds. The van der Waals surface area contributed by atoms with E-state index in [2.05, 4.69) is 22.0 Å². The Morgan fingerprint density at radius 3 is 2.45 bits per heavy atom. The van der Waals surface area contributed by atoms with Gasteiger partial charge in [0.05, 0.1) is 12.7 Å². The molecule has 0 aromatic heterocycles. The molecule has 0 aromatic rings. The van der Waals surface area contributed by atoms with Gasteiger partial charge in [0.25, 0.3) is 0 Å². The van der Waals surface area contributed by atoms with Crippen molar-refractivity contribution in [3.05, 3.63) is 0 Å². The summed E-state index contributed by atoms with van der Waals surface area (Å²) in [5.74, 6) is 0. The summed E-state index contributed by atoms with van der Waals surface area (Å²) in [5.41, 5.74) is 0. The molecule has 3 rings (SSSR count).